The highest BCUT2D eigenvalue weighted by Crippen LogP contribution is 2.40. The van der Waals surface area contributed by atoms with Gasteiger partial charge in [-0.25, -0.2) is 9.78 Å². The third-order valence-electron chi connectivity index (χ3n) is 4.80. The Balaban J connectivity index is 2.40. The minimum absolute atomic E-state index is 0.277. The molecule has 1 aliphatic rings. The second-order valence-electron chi connectivity index (χ2n) is 6.04. The Kier molecular flexibility index (Phi) is 4.91. The number of carbonyl (C=O) groups is 1. The van der Waals surface area contributed by atoms with Gasteiger partial charge in [-0.1, -0.05) is 33.6 Å². The van der Waals surface area contributed by atoms with E-state index in [4.69, 9.17) is 10.5 Å². The molecule has 118 valence electrons. The molecule has 21 heavy (non-hydrogen) atoms. The van der Waals surface area contributed by atoms with Crippen molar-refractivity contribution >= 4 is 11.8 Å². The fraction of sp³-hybridized carbons (Fsp3) is 0.750. The van der Waals surface area contributed by atoms with Gasteiger partial charge in [0.2, 0.25) is 0 Å². The number of hydrogen-bond acceptors (Lipinski definition) is 4. The molecular formula is C16H27N3O2. The lowest BCUT2D eigenvalue weighted by Gasteiger charge is -2.36. The van der Waals surface area contributed by atoms with Crippen molar-refractivity contribution in [1.82, 2.24) is 9.55 Å². The van der Waals surface area contributed by atoms with Crippen LogP contribution in [0.3, 0.4) is 0 Å². The lowest BCUT2D eigenvalue weighted by Crippen LogP contribution is -2.29. The van der Waals surface area contributed by atoms with Gasteiger partial charge in [0.1, 0.15) is 11.6 Å². The van der Waals surface area contributed by atoms with Crippen LogP contribution in [0.25, 0.3) is 0 Å². The van der Waals surface area contributed by atoms with Crippen LogP contribution in [0.2, 0.25) is 0 Å². The van der Waals surface area contributed by atoms with E-state index in [9.17, 15) is 4.79 Å². The number of aryl methyl sites for hydroxylation is 1. The summed E-state index contributed by atoms with van der Waals surface area (Å²) in [6.45, 7) is 8.74. The number of imidazole rings is 1. The van der Waals surface area contributed by atoms with Gasteiger partial charge in [0, 0.05) is 12.5 Å². The Morgan fingerprint density at radius 1 is 1.38 bits per heavy atom. The van der Waals surface area contributed by atoms with Crippen molar-refractivity contribution in [1.29, 1.82) is 0 Å². The first kappa shape index (κ1) is 15.9. The SMILES string of the molecule is CCOC(=O)c1nc(CC)n(C2CCCC(C)C2C)c1N. The first-order valence-electron chi connectivity index (χ1n) is 8.04. The molecular weight excluding hydrogens is 266 g/mol. The maximum atomic E-state index is 12.0. The molecule has 1 aromatic rings. The Bertz CT molecular complexity index is 510. The van der Waals surface area contributed by atoms with Crippen molar-refractivity contribution in [2.24, 2.45) is 11.8 Å². The van der Waals surface area contributed by atoms with Gasteiger partial charge in [0.15, 0.2) is 5.69 Å². The summed E-state index contributed by atoms with van der Waals surface area (Å²) in [6.07, 6.45) is 4.33. The molecule has 2 N–H and O–H groups in total. The monoisotopic (exact) mass is 293 g/mol. The first-order chi connectivity index (χ1) is 10.0. The van der Waals surface area contributed by atoms with E-state index in [-0.39, 0.29) is 5.69 Å². The number of ether oxygens (including phenoxy) is 1. The summed E-state index contributed by atoms with van der Waals surface area (Å²) in [5, 5.41) is 0. The maximum Gasteiger partial charge on any atom is 0.360 e. The van der Waals surface area contributed by atoms with Gasteiger partial charge in [-0.3, -0.25) is 0 Å². The molecule has 0 radical (unpaired) electrons. The highest BCUT2D eigenvalue weighted by atomic mass is 16.5. The predicted molar refractivity (Wildman–Crippen MR) is 83.2 cm³/mol. The minimum Gasteiger partial charge on any atom is -0.461 e. The number of anilines is 1. The molecule has 1 aliphatic carbocycles. The quantitative estimate of drug-likeness (QED) is 0.865. The Morgan fingerprint density at radius 3 is 2.71 bits per heavy atom. The smallest absolute Gasteiger partial charge is 0.360 e. The zero-order valence-electron chi connectivity index (χ0n) is 13.6. The molecule has 2 rings (SSSR count). The van der Waals surface area contributed by atoms with Gasteiger partial charge in [-0.15, -0.1) is 0 Å². The maximum absolute atomic E-state index is 12.0. The van der Waals surface area contributed by atoms with Crippen LogP contribution in [0.4, 0.5) is 5.82 Å². The van der Waals surface area contributed by atoms with E-state index in [0.29, 0.717) is 30.3 Å². The minimum atomic E-state index is -0.417. The van der Waals surface area contributed by atoms with Gasteiger partial charge in [-0.2, -0.15) is 0 Å². The third kappa shape index (κ3) is 2.92. The summed E-state index contributed by atoms with van der Waals surface area (Å²) in [5.41, 5.74) is 6.53. The molecule has 0 amide bonds. The summed E-state index contributed by atoms with van der Waals surface area (Å²) < 4.78 is 7.15. The van der Waals surface area contributed by atoms with Crippen LogP contribution in [-0.2, 0) is 11.2 Å². The Labute approximate surface area is 126 Å². The standard InChI is InChI=1S/C16H27N3O2/c1-5-13-18-14(16(20)21-6-2)15(17)19(13)12-9-7-8-10(3)11(12)4/h10-12H,5-9,17H2,1-4H3. The van der Waals surface area contributed by atoms with Crippen molar-refractivity contribution in [2.45, 2.75) is 59.4 Å². The van der Waals surface area contributed by atoms with E-state index in [0.717, 1.165) is 18.7 Å². The van der Waals surface area contributed by atoms with Gasteiger partial charge in [0.25, 0.3) is 0 Å². The molecule has 0 aliphatic heterocycles. The summed E-state index contributed by atoms with van der Waals surface area (Å²) in [7, 11) is 0. The highest BCUT2D eigenvalue weighted by Gasteiger charge is 2.32. The fourth-order valence-electron chi connectivity index (χ4n) is 3.38. The zero-order valence-corrected chi connectivity index (χ0v) is 13.6. The number of nitrogens with zero attached hydrogens (tertiary/aromatic N) is 2. The lowest BCUT2D eigenvalue weighted by atomic mass is 9.78. The summed E-state index contributed by atoms with van der Waals surface area (Å²) in [6, 6.07) is 0.333. The van der Waals surface area contributed by atoms with Gasteiger partial charge >= 0.3 is 5.97 Å². The molecule has 0 aromatic carbocycles. The molecule has 5 nitrogen and oxygen atoms in total. The average Bonchev–Trinajstić information content (AvgIpc) is 2.79. The highest BCUT2D eigenvalue weighted by molar-refractivity contribution is 5.92. The number of esters is 1. The zero-order chi connectivity index (χ0) is 15.6. The van der Waals surface area contributed by atoms with Crippen LogP contribution in [0, 0.1) is 11.8 Å². The predicted octanol–water partition coefficient (Wildman–Crippen LogP) is 3.20. The van der Waals surface area contributed by atoms with E-state index in [1.165, 1.54) is 12.8 Å². The number of hydrogen-bond donors (Lipinski definition) is 1. The lowest BCUT2D eigenvalue weighted by molar-refractivity contribution is 0.0521. The van der Waals surface area contributed by atoms with Crippen molar-refractivity contribution in [2.75, 3.05) is 12.3 Å². The Morgan fingerprint density at radius 2 is 2.10 bits per heavy atom. The van der Waals surface area contributed by atoms with Crippen molar-refractivity contribution in [3.8, 4) is 0 Å². The van der Waals surface area contributed by atoms with Crippen LogP contribution < -0.4 is 5.73 Å². The normalized spacial score (nSPS) is 25.8. The van der Waals surface area contributed by atoms with Crippen molar-refractivity contribution < 1.29 is 9.53 Å². The second-order valence-corrected chi connectivity index (χ2v) is 6.04. The van der Waals surface area contributed by atoms with Crippen LogP contribution in [0.15, 0.2) is 0 Å². The first-order valence-corrected chi connectivity index (χ1v) is 8.04. The van der Waals surface area contributed by atoms with E-state index in [2.05, 4.69) is 23.4 Å². The third-order valence-corrected chi connectivity index (χ3v) is 4.80. The van der Waals surface area contributed by atoms with E-state index >= 15 is 0 Å². The van der Waals surface area contributed by atoms with Crippen LogP contribution in [-0.4, -0.2) is 22.1 Å². The molecule has 3 atom stereocenters. The van der Waals surface area contributed by atoms with Crippen LogP contribution >= 0.6 is 0 Å². The Hall–Kier alpha value is -1.52. The van der Waals surface area contributed by atoms with Gasteiger partial charge < -0.3 is 15.0 Å². The fourth-order valence-corrected chi connectivity index (χ4v) is 3.38. The van der Waals surface area contributed by atoms with Crippen molar-refractivity contribution in [3.05, 3.63) is 11.5 Å². The summed E-state index contributed by atoms with van der Waals surface area (Å²) in [5.74, 6) is 2.15. The molecule has 0 spiro atoms. The van der Waals surface area contributed by atoms with E-state index < -0.39 is 5.97 Å². The van der Waals surface area contributed by atoms with Gasteiger partial charge in [0.05, 0.1) is 6.61 Å². The largest absolute Gasteiger partial charge is 0.461 e. The molecule has 1 aromatic heterocycles. The van der Waals surface area contributed by atoms with Crippen LogP contribution in [0.1, 0.15) is 69.3 Å². The summed E-state index contributed by atoms with van der Waals surface area (Å²) in [4.78, 5) is 16.4. The van der Waals surface area contributed by atoms with Crippen LogP contribution in [0.5, 0.6) is 0 Å². The molecule has 5 heteroatoms. The van der Waals surface area contributed by atoms with Gasteiger partial charge in [-0.05, 0) is 25.2 Å². The van der Waals surface area contributed by atoms with E-state index in [1.807, 2.05) is 6.92 Å². The topological polar surface area (TPSA) is 70.1 Å². The molecule has 0 saturated heterocycles. The molecule has 1 heterocycles. The number of nitrogen functional groups attached to an aromatic ring is 1. The molecule has 0 bridgehead atoms. The number of nitrogens with two attached hydrogens (primary N) is 1. The number of carbonyl (C=O) groups excluding carboxylic acids is 1. The summed E-state index contributed by atoms with van der Waals surface area (Å²) >= 11 is 0. The number of aromatic nitrogens is 2. The molecule has 1 saturated carbocycles. The van der Waals surface area contributed by atoms with E-state index in [1.54, 1.807) is 6.92 Å². The number of rotatable bonds is 4. The molecule has 3 unspecified atom stereocenters. The molecule has 1 fully saturated rings. The average molecular weight is 293 g/mol. The van der Waals surface area contributed by atoms with Crippen molar-refractivity contribution in [3.63, 3.8) is 0 Å². The second kappa shape index (κ2) is 6.50.